The van der Waals surface area contributed by atoms with Gasteiger partial charge in [0.15, 0.2) is 0 Å². The smallest absolute Gasteiger partial charge is 0.218 e. The van der Waals surface area contributed by atoms with E-state index in [4.69, 9.17) is 10.5 Å². The highest BCUT2D eigenvalue weighted by atomic mass is 15.2. The molecular formula is C12H14N4. The third kappa shape index (κ3) is 2.06. The Hall–Kier alpha value is -1.81. The van der Waals surface area contributed by atoms with Gasteiger partial charge in [0.2, 0.25) is 5.71 Å². The zero-order chi connectivity index (χ0) is 11.4. The van der Waals surface area contributed by atoms with E-state index in [0.29, 0.717) is 0 Å². The van der Waals surface area contributed by atoms with Crippen molar-refractivity contribution in [3.05, 3.63) is 11.4 Å². The van der Waals surface area contributed by atoms with Crippen LogP contribution in [0.5, 0.6) is 0 Å². The molecule has 0 unspecified atom stereocenters. The fourth-order valence-electron chi connectivity index (χ4n) is 2.37. The predicted molar refractivity (Wildman–Crippen MR) is 60.3 cm³/mol. The predicted octanol–water partition coefficient (Wildman–Crippen LogP) is 1.97. The van der Waals surface area contributed by atoms with Gasteiger partial charge in [-0.05, 0) is 32.1 Å². The minimum Gasteiger partial charge on any atom is -0.373 e. The van der Waals surface area contributed by atoms with Crippen molar-refractivity contribution < 1.29 is 0 Å². The third-order valence-electron chi connectivity index (χ3n) is 3.11. The van der Waals surface area contributed by atoms with Crippen molar-refractivity contribution in [2.45, 2.75) is 32.1 Å². The van der Waals surface area contributed by atoms with Gasteiger partial charge in [-0.25, -0.2) is 4.99 Å². The average molecular weight is 214 g/mol. The van der Waals surface area contributed by atoms with E-state index >= 15 is 0 Å². The number of nitrogens with zero attached hydrogens (tertiary/aromatic N) is 4. The maximum absolute atomic E-state index is 8.70. The van der Waals surface area contributed by atoms with Crippen molar-refractivity contribution in [1.82, 2.24) is 4.90 Å². The van der Waals surface area contributed by atoms with Gasteiger partial charge in [-0.3, -0.25) is 0 Å². The zero-order valence-electron chi connectivity index (χ0n) is 9.24. The Morgan fingerprint density at radius 3 is 2.38 bits per heavy atom. The van der Waals surface area contributed by atoms with Crippen LogP contribution in [0.3, 0.4) is 0 Å². The molecule has 4 heteroatoms. The number of allylic oxidation sites excluding steroid dienone is 2. The SMILES string of the molecule is N#CC(C#N)=NC1=C(N2CCCC2)CCC1. The van der Waals surface area contributed by atoms with Crippen molar-refractivity contribution in [3.8, 4) is 12.1 Å². The molecule has 0 aromatic carbocycles. The molecule has 1 aliphatic carbocycles. The molecule has 0 N–H and O–H groups in total. The topological polar surface area (TPSA) is 63.2 Å². The van der Waals surface area contributed by atoms with Crippen molar-refractivity contribution in [2.75, 3.05) is 13.1 Å². The van der Waals surface area contributed by atoms with Crippen molar-refractivity contribution >= 4 is 5.71 Å². The first-order valence-electron chi connectivity index (χ1n) is 5.71. The maximum Gasteiger partial charge on any atom is 0.218 e. The van der Waals surface area contributed by atoms with E-state index in [1.165, 1.54) is 18.5 Å². The second-order valence-electron chi connectivity index (χ2n) is 4.13. The molecule has 0 amide bonds. The lowest BCUT2D eigenvalue weighted by Gasteiger charge is -2.19. The number of rotatable bonds is 2. The number of aliphatic imine (C=N–C) groups is 1. The van der Waals surface area contributed by atoms with E-state index in [2.05, 4.69) is 9.89 Å². The fourth-order valence-corrected chi connectivity index (χ4v) is 2.37. The van der Waals surface area contributed by atoms with Gasteiger partial charge in [-0.1, -0.05) is 0 Å². The quantitative estimate of drug-likeness (QED) is 0.660. The second kappa shape index (κ2) is 4.81. The van der Waals surface area contributed by atoms with Crippen LogP contribution in [0.15, 0.2) is 16.4 Å². The van der Waals surface area contributed by atoms with E-state index in [9.17, 15) is 0 Å². The first kappa shape index (κ1) is 10.7. The molecule has 1 heterocycles. The van der Waals surface area contributed by atoms with Gasteiger partial charge in [0, 0.05) is 18.8 Å². The molecule has 16 heavy (non-hydrogen) atoms. The number of nitriles is 2. The van der Waals surface area contributed by atoms with Gasteiger partial charge >= 0.3 is 0 Å². The van der Waals surface area contributed by atoms with Gasteiger partial charge in [0.1, 0.15) is 12.1 Å². The monoisotopic (exact) mass is 214 g/mol. The Morgan fingerprint density at radius 1 is 1.06 bits per heavy atom. The summed E-state index contributed by atoms with van der Waals surface area (Å²) in [4.78, 5) is 6.53. The summed E-state index contributed by atoms with van der Waals surface area (Å²) >= 11 is 0. The molecule has 0 atom stereocenters. The number of hydrogen-bond acceptors (Lipinski definition) is 4. The van der Waals surface area contributed by atoms with Crippen LogP contribution in [-0.2, 0) is 0 Å². The largest absolute Gasteiger partial charge is 0.373 e. The fraction of sp³-hybridized carbons (Fsp3) is 0.583. The number of likely N-dealkylation sites (tertiary alicyclic amines) is 1. The van der Waals surface area contributed by atoms with Gasteiger partial charge in [0.25, 0.3) is 0 Å². The third-order valence-corrected chi connectivity index (χ3v) is 3.11. The lowest BCUT2D eigenvalue weighted by atomic mass is 10.3. The van der Waals surface area contributed by atoms with Crippen LogP contribution in [0.2, 0.25) is 0 Å². The van der Waals surface area contributed by atoms with Crippen molar-refractivity contribution in [2.24, 2.45) is 4.99 Å². The summed E-state index contributed by atoms with van der Waals surface area (Å²) in [6.45, 7) is 2.20. The lowest BCUT2D eigenvalue weighted by Crippen LogP contribution is -2.18. The van der Waals surface area contributed by atoms with E-state index in [1.54, 1.807) is 0 Å². The highest BCUT2D eigenvalue weighted by Crippen LogP contribution is 2.31. The summed E-state index contributed by atoms with van der Waals surface area (Å²) in [6, 6.07) is 3.65. The Kier molecular flexibility index (Phi) is 3.22. The minimum atomic E-state index is -0.0198. The molecule has 82 valence electrons. The normalized spacial score (nSPS) is 19.5. The molecule has 1 fully saturated rings. The van der Waals surface area contributed by atoms with Gasteiger partial charge in [-0.2, -0.15) is 10.5 Å². The Morgan fingerprint density at radius 2 is 1.75 bits per heavy atom. The summed E-state index contributed by atoms with van der Waals surface area (Å²) in [5.41, 5.74) is 2.20. The Bertz CT molecular complexity index is 397. The van der Waals surface area contributed by atoms with E-state index < -0.39 is 0 Å². The lowest BCUT2D eigenvalue weighted by molar-refractivity contribution is 0.412. The molecule has 0 radical (unpaired) electrons. The summed E-state index contributed by atoms with van der Waals surface area (Å²) < 4.78 is 0. The van der Waals surface area contributed by atoms with Gasteiger partial charge in [-0.15, -0.1) is 0 Å². The van der Waals surface area contributed by atoms with Gasteiger partial charge < -0.3 is 4.90 Å². The molecule has 1 saturated heterocycles. The summed E-state index contributed by atoms with van der Waals surface area (Å²) in [6.07, 6.45) is 5.52. The van der Waals surface area contributed by atoms with E-state index in [-0.39, 0.29) is 5.71 Å². The standard InChI is InChI=1S/C12H14N4/c13-8-10(9-14)15-11-4-3-5-12(11)16-6-1-2-7-16/h1-7H2. The van der Waals surface area contributed by atoms with Crippen molar-refractivity contribution in [3.63, 3.8) is 0 Å². The molecule has 4 nitrogen and oxygen atoms in total. The number of hydrogen-bond donors (Lipinski definition) is 0. The van der Waals surface area contributed by atoms with Crippen LogP contribution in [0.4, 0.5) is 0 Å². The van der Waals surface area contributed by atoms with Crippen LogP contribution in [-0.4, -0.2) is 23.7 Å². The van der Waals surface area contributed by atoms with E-state index in [0.717, 1.165) is 38.0 Å². The highest BCUT2D eigenvalue weighted by Gasteiger charge is 2.22. The van der Waals surface area contributed by atoms with Crippen LogP contribution < -0.4 is 0 Å². The average Bonchev–Trinajstić information content (AvgIpc) is 2.95. The first-order chi connectivity index (χ1) is 7.85. The summed E-state index contributed by atoms with van der Waals surface area (Å²) in [5, 5.41) is 17.4. The second-order valence-corrected chi connectivity index (χ2v) is 4.13. The molecule has 0 spiro atoms. The summed E-state index contributed by atoms with van der Waals surface area (Å²) in [5.74, 6) is 0. The zero-order valence-corrected chi connectivity index (χ0v) is 9.24. The Labute approximate surface area is 95.5 Å². The minimum absolute atomic E-state index is 0.0198. The Balaban J connectivity index is 2.24. The first-order valence-corrected chi connectivity index (χ1v) is 5.71. The van der Waals surface area contributed by atoms with Crippen LogP contribution >= 0.6 is 0 Å². The molecule has 2 rings (SSSR count). The maximum atomic E-state index is 8.70. The molecule has 0 saturated carbocycles. The molecular weight excluding hydrogens is 200 g/mol. The molecule has 0 bridgehead atoms. The van der Waals surface area contributed by atoms with Gasteiger partial charge in [0.05, 0.1) is 5.70 Å². The molecule has 0 aromatic heterocycles. The van der Waals surface area contributed by atoms with Crippen LogP contribution in [0.1, 0.15) is 32.1 Å². The van der Waals surface area contributed by atoms with Crippen LogP contribution in [0, 0.1) is 22.7 Å². The molecule has 2 aliphatic rings. The van der Waals surface area contributed by atoms with Crippen LogP contribution in [0.25, 0.3) is 0 Å². The highest BCUT2D eigenvalue weighted by molar-refractivity contribution is 6.10. The molecule has 0 aromatic rings. The molecule has 1 aliphatic heterocycles. The van der Waals surface area contributed by atoms with E-state index in [1.807, 2.05) is 12.1 Å². The van der Waals surface area contributed by atoms with Crippen molar-refractivity contribution in [1.29, 1.82) is 10.5 Å². The summed E-state index contributed by atoms with van der Waals surface area (Å²) in [7, 11) is 0.